The summed E-state index contributed by atoms with van der Waals surface area (Å²) in [6.07, 6.45) is 9.57. The van der Waals surface area contributed by atoms with Crippen molar-refractivity contribution < 1.29 is 0 Å². The molecule has 0 amide bonds. The molecule has 108 valence electrons. The van der Waals surface area contributed by atoms with E-state index in [0.29, 0.717) is 0 Å². The summed E-state index contributed by atoms with van der Waals surface area (Å²) < 4.78 is 0. The van der Waals surface area contributed by atoms with Crippen molar-refractivity contribution in [2.75, 3.05) is 6.54 Å². The zero-order chi connectivity index (χ0) is 13.7. The molecule has 0 aliphatic heterocycles. The van der Waals surface area contributed by atoms with Crippen LogP contribution >= 0.6 is 0 Å². The van der Waals surface area contributed by atoms with Crippen molar-refractivity contribution >= 4 is 0 Å². The minimum atomic E-state index is 0.858. The summed E-state index contributed by atoms with van der Waals surface area (Å²) in [7, 11) is 0. The molecule has 0 aromatic heterocycles. The molecule has 0 aromatic rings. The van der Waals surface area contributed by atoms with Gasteiger partial charge in [-0.3, -0.25) is 0 Å². The first kappa shape index (κ1) is 14.9. The van der Waals surface area contributed by atoms with Gasteiger partial charge < -0.3 is 5.32 Å². The molecule has 3 unspecified atom stereocenters. The standard InChI is InChI=1S/C18H31N/c1-4-5-6-7-16-12-15(14(2)3)8-9-17(16)13-19-18-10-11-18/h14-19H,6-13H2,1-3H3. The Morgan fingerprint density at radius 3 is 2.53 bits per heavy atom. The van der Waals surface area contributed by atoms with E-state index in [1.165, 1.54) is 45.1 Å². The maximum Gasteiger partial charge on any atom is 0.00913 e. The van der Waals surface area contributed by atoms with Crippen molar-refractivity contribution in [2.24, 2.45) is 23.7 Å². The van der Waals surface area contributed by atoms with Gasteiger partial charge in [-0.1, -0.05) is 13.8 Å². The molecule has 2 saturated carbocycles. The van der Waals surface area contributed by atoms with E-state index in [-0.39, 0.29) is 0 Å². The molecule has 1 nitrogen and oxygen atoms in total. The molecule has 2 fully saturated rings. The third-order valence-corrected chi connectivity index (χ3v) is 5.19. The molecule has 0 spiro atoms. The number of nitrogens with one attached hydrogen (secondary N) is 1. The van der Waals surface area contributed by atoms with Gasteiger partial charge in [0.1, 0.15) is 0 Å². The van der Waals surface area contributed by atoms with Crippen LogP contribution in [0.15, 0.2) is 0 Å². The quantitative estimate of drug-likeness (QED) is 0.706. The van der Waals surface area contributed by atoms with E-state index in [2.05, 4.69) is 31.0 Å². The first-order chi connectivity index (χ1) is 9.20. The molecule has 0 saturated heterocycles. The van der Waals surface area contributed by atoms with Gasteiger partial charge in [0.05, 0.1) is 0 Å². The lowest BCUT2D eigenvalue weighted by atomic mass is 9.69. The Morgan fingerprint density at radius 2 is 1.89 bits per heavy atom. The van der Waals surface area contributed by atoms with Crippen LogP contribution in [0.4, 0.5) is 0 Å². The Kier molecular flexibility index (Phi) is 5.76. The zero-order valence-corrected chi connectivity index (χ0v) is 13.0. The fraction of sp³-hybridized carbons (Fsp3) is 0.889. The van der Waals surface area contributed by atoms with Crippen molar-refractivity contribution in [3.63, 3.8) is 0 Å². The summed E-state index contributed by atoms with van der Waals surface area (Å²) >= 11 is 0. The molecular weight excluding hydrogens is 230 g/mol. The summed E-state index contributed by atoms with van der Waals surface area (Å²) in [6, 6.07) is 0.860. The van der Waals surface area contributed by atoms with Gasteiger partial charge in [-0.15, -0.1) is 11.8 Å². The molecule has 2 aliphatic carbocycles. The Labute approximate surface area is 119 Å². The molecule has 1 heteroatoms. The van der Waals surface area contributed by atoms with Gasteiger partial charge >= 0.3 is 0 Å². The van der Waals surface area contributed by atoms with E-state index in [9.17, 15) is 0 Å². The van der Waals surface area contributed by atoms with Crippen molar-refractivity contribution in [1.29, 1.82) is 0 Å². The number of rotatable bonds is 6. The fourth-order valence-corrected chi connectivity index (χ4v) is 3.58. The van der Waals surface area contributed by atoms with Crippen LogP contribution in [0.3, 0.4) is 0 Å². The maximum absolute atomic E-state index is 3.75. The SMILES string of the molecule is CC#CCCC1CC(C(C)C)CCC1CNC1CC1. The molecule has 3 atom stereocenters. The highest BCUT2D eigenvalue weighted by Crippen LogP contribution is 2.39. The van der Waals surface area contributed by atoms with E-state index in [4.69, 9.17) is 0 Å². The van der Waals surface area contributed by atoms with Crippen LogP contribution < -0.4 is 5.32 Å². The van der Waals surface area contributed by atoms with Crippen molar-refractivity contribution in [2.45, 2.75) is 71.8 Å². The van der Waals surface area contributed by atoms with Gasteiger partial charge in [-0.2, -0.15) is 0 Å². The van der Waals surface area contributed by atoms with Crippen LogP contribution in [0.5, 0.6) is 0 Å². The second-order valence-electron chi connectivity index (χ2n) is 6.99. The summed E-state index contributed by atoms with van der Waals surface area (Å²) in [5, 5.41) is 3.75. The highest BCUT2D eigenvalue weighted by atomic mass is 14.9. The van der Waals surface area contributed by atoms with Crippen molar-refractivity contribution in [3.8, 4) is 11.8 Å². The van der Waals surface area contributed by atoms with E-state index in [1.54, 1.807) is 0 Å². The van der Waals surface area contributed by atoms with Crippen LogP contribution in [0.25, 0.3) is 0 Å². The molecular formula is C18H31N. The summed E-state index contributed by atoms with van der Waals surface area (Å²) in [5.41, 5.74) is 0. The van der Waals surface area contributed by atoms with Gasteiger partial charge in [0.15, 0.2) is 0 Å². The van der Waals surface area contributed by atoms with Crippen LogP contribution in [-0.4, -0.2) is 12.6 Å². The number of hydrogen-bond donors (Lipinski definition) is 1. The third kappa shape index (κ3) is 4.84. The topological polar surface area (TPSA) is 12.0 Å². The molecule has 0 aromatic carbocycles. The molecule has 0 bridgehead atoms. The predicted molar refractivity (Wildman–Crippen MR) is 82.9 cm³/mol. The summed E-state index contributed by atoms with van der Waals surface area (Å²) in [5.74, 6) is 9.95. The second kappa shape index (κ2) is 7.34. The van der Waals surface area contributed by atoms with Crippen LogP contribution in [0.1, 0.15) is 65.7 Å². The van der Waals surface area contributed by atoms with Crippen LogP contribution in [0, 0.1) is 35.5 Å². The Hall–Kier alpha value is -0.480. The second-order valence-corrected chi connectivity index (χ2v) is 6.99. The molecule has 19 heavy (non-hydrogen) atoms. The lowest BCUT2D eigenvalue weighted by molar-refractivity contribution is 0.138. The average molecular weight is 261 g/mol. The fourth-order valence-electron chi connectivity index (χ4n) is 3.58. The Bertz CT molecular complexity index is 318. The zero-order valence-electron chi connectivity index (χ0n) is 13.0. The van der Waals surface area contributed by atoms with E-state index in [1.807, 2.05) is 6.92 Å². The largest absolute Gasteiger partial charge is 0.314 e. The first-order valence-corrected chi connectivity index (χ1v) is 8.33. The van der Waals surface area contributed by atoms with E-state index in [0.717, 1.165) is 36.1 Å². The minimum absolute atomic E-state index is 0.858. The van der Waals surface area contributed by atoms with E-state index >= 15 is 0 Å². The molecule has 0 radical (unpaired) electrons. The van der Waals surface area contributed by atoms with Crippen molar-refractivity contribution in [1.82, 2.24) is 5.32 Å². The van der Waals surface area contributed by atoms with E-state index < -0.39 is 0 Å². The highest BCUT2D eigenvalue weighted by Gasteiger charge is 2.32. The third-order valence-electron chi connectivity index (χ3n) is 5.19. The summed E-state index contributed by atoms with van der Waals surface area (Å²) in [6.45, 7) is 8.02. The molecule has 2 aliphatic rings. The average Bonchev–Trinajstić information content (AvgIpc) is 3.21. The lowest BCUT2D eigenvalue weighted by Gasteiger charge is -2.38. The predicted octanol–water partition coefficient (Wildman–Crippen LogP) is 4.23. The van der Waals surface area contributed by atoms with Crippen LogP contribution in [-0.2, 0) is 0 Å². The Balaban J connectivity index is 1.84. The monoisotopic (exact) mass is 261 g/mol. The van der Waals surface area contributed by atoms with Gasteiger partial charge in [-0.25, -0.2) is 0 Å². The maximum atomic E-state index is 3.75. The van der Waals surface area contributed by atoms with Gasteiger partial charge in [-0.05, 0) is 75.7 Å². The highest BCUT2D eigenvalue weighted by molar-refractivity contribution is 4.96. The minimum Gasteiger partial charge on any atom is -0.314 e. The molecule has 2 rings (SSSR count). The van der Waals surface area contributed by atoms with Gasteiger partial charge in [0.2, 0.25) is 0 Å². The molecule has 1 N–H and O–H groups in total. The molecule has 0 heterocycles. The smallest absolute Gasteiger partial charge is 0.00913 e. The van der Waals surface area contributed by atoms with Gasteiger partial charge in [0.25, 0.3) is 0 Å². The van der Waals surface area contributed by atoms with Gasteiger partial charge in [0, 0.05) is 12.5 Å². The first-order valence-electron chi connectivity index (χ1n) is 8.33. The van der Waals surface area contributed by atoms with Crippen LogP contribution in [0.2, 0.25) is 0 Å². The van der Waals surface area contributed by atoms with Crippen molar-refractivity contribution in [3.05, 3.63) is 0 Å². The lowest BCUT2D eigenvalue weighted by Crippen LogP contribution is -2.35. The normalized spacial score (nSPS) is 31.1. The number of hydrogen-bond acceptors (Lipinski definition) is 1. The Morgan fingerprint density at radius 1 is 1.11 bits per heavy atom. The summed E-state index contributed by atoms with van der Waals surface area (Å²) in [4.78, 5) is 0.